The van der Waals surface area contributed by atoms with Gasteiger partial charge < -0.3 is 0 Å². The second kappa shape index (κ2) is 4.41. The maximum absolute atomic E-state index is 12.9. The van der Waals surface area contributed by atoms with Crippen molar-refractivity contribution in [2.24, 2.45) is 0 Å². The van der Waals surface area contributed by atoms with Crippen LogP contribution in [-0.4, -0.2) is 15.3 Å². The molecule has 0 aliphatic carbocycles. The average molecular weight is 290 g/mol. The molecule has 2 rings (SSSR count). The highest BCUT2D eigenvalue weighted by Gasteiger charge is 2.06. The van der Waals surface area contributed by atoms with Gasteiger partial charge in [0.2, 0.25) is 0 Å². The molecule has 0 spiro atoms. The third-order valence-corrected chi connectivity index (χ3v) is 2.68. The molecule has 0 fully saturated rings. The van der Waals surface area contributed by atoms with E-state index in [1.807, 2.05) is 0 Å². The molecule has 0 atom stereocenters. The van der Waals surface area contributed by atoms with Gasteiger partial charge in [-0.15, -0.1) is 0 Å². The quantitative estimate of drug-likeness (QED) is 0.792. The predicted molar refractivity (Wildman–Crippen MR) is 62.0 cm³/mol. The first-order valence-electron chi connectivity index (χ1n) is 4.38. The molecule has 2 aromatic rings. The highest BCUT2D eigenvalue weighted by Crippen LogP contribution is 2.18. The fraction of sp³-hybridized carbons (Fsp3) is 0.200. The Morgan fingerprint density at radius 2 is 2.07 bits per heavy atom. The molecule has 0 aliphatic heterocycles. The Kier molecular flexibility index (Phi) is 3.17. The standard InChI is InChI=1S/C10H7BrClFN2/c11-4-3-8-10(12)15-9-5-6(13)1-2-7(9)14-8/h1-2,5H,3-4H2. The van der Waals surface area contributed by atoms with Gasteiger partial charge in [0.15, 0.2) is 5.15 Å². The summed E-state index contributed by atoms with van der Waals surface area (Å²) < 4.78 is 12.9. The third-order valence-electron chi connectivity index (χ3n) is 1.98. The lowest BCUT2D eigenvalue weighted by molar-refractivity contribution is 0.629. The number of nitrogens with zero attached hydrogens (tertiary/aromatic N) is 2. The van der Waals surface area contributed by atoms with Crippen molar-refractivity contribution in [1.82, 2.24) is 9.97 Å². The van der Waals surface area contributed by atoms with E-state index in [0.29, 0.717) is 22.6 Å². The number of aromatic nitrogens is 2. The van der Waals surface area contributed by atoms with Crippen LogP contribution in [0.15, 0.2) is 18.2 Å². The topological polar surface area (TPSA) is 25.8 Å². The van der Waals surface area contributed by atoms with E-state index < -0.39 is 0 Å². The van der Waals surface area contributed by atoms with Crippen molar-refractivity contribution in [3.05, 3.63) is 34.9 Å². The molecule has 0 aliphatic rings. The van der Waals surface area contributed by atoms with Gasteiger partial charge in [0, 0.05) is 17.8 Å². The molecule has 1 heterocycles. The van der Waals surface area contributed by atoms with E-state index in [1.54, 1.807) is 6.07 Å². The molecule has 0 saturated heterocycles. The summed E-state index contributed by atoms with van der Waals surface area (Å²) in [5.74, 6) is -0.332. The van der Waals surface area contributed by atoms with Crippen LogP contribution in [-0.2, 0) is 6.42 Å². The van der Waals surface area contributed by atoms with E-state index in [-0.39, 0.29) is 5.82 Å². The van der Waals surface area contributed by atoms with E-state index in [2.05, 4.69) is 25.9 Å². The molecular weight excluding hydrogens is 282 g/mol. The predicted octanol–water partition coefficient (Wildman–Crippen LogP) is 3.36. The molecule has 0 N–H and O–H groups in total. The van der Waals surface area contributed by atoms with Gasteiger partial charge in [-0.3, -0.25) is 0 Å². The molecule has 78 valence electrons. The van der Waals surface area contributed by atoms with Crippen LogP contribution in [0.5, 0.6) is 0 Å². The Morgan fingerprint density at radius 1 is 1.27 bits per heavy atom. The zero-order valence-corrected chi connectivity index (χ0v) is 10.0. The number of benzene rings is 1. The first kappa shape index (κ1) is 10.8. The van der Waals surface area contributed by atoms with Gasteiger partial charge in [-0.25, -0.2) is 14.4 Å². The van der Waals surface area contributed by atoms with Crippen molar-refractivity contribution >= 4 is 38.6 Å². The lowest BCUT2D eigenvalue weighted by Gasteiger charge is -2.03. The summed E-state index contributed by atoms with van der Waals surface area (Å²) in [5.41, 5.74) is 1.88. The van der Waals surface area contributed by atoms with Gasteiger partial charge in [-0.2, -0.15) is 0 Å². The Labute approximate surface area is 99.6 Å². The fourth-order valence-corrected chi connectivity index (χ4v) is 1.89. The summed E-state index contributed by atoms with van der Waals surface area (Å²) in [6, 6.07) is 4.29. The summed E-state index contributed by atoms with van der Waals surface area (Å²) in [4.78, 5) is 8.41. The summed E-state index contributed by atoms with van der Waals surface area (Å²) in [6.07, 6.45) is 0.707. The number of alkyl halides is 1. The maximum atomic E-state index is 12.9. The molecule has 1 aromatic heterocycles. The van der Waals surface area contributed by atoms with Crippen molar-refractivity contribution in [3.8, 4) is 0 Å². The van der Waals surface area contributed by atoms with E-state index in [0.717, 1.165) is 11.0 Å². The second-order valence-corrected chi connectivity index (χ2v) is 4.18. The second-order valence-electron chi connectivity index (χ2n) is 3.03. The van der Waals surface area contributed by atoms with Gasteiger partial charge >= 0.3 is 0 Å². The van der Waals surface area contributed by atoms with Crippen LogP contribution in [0, 0.1) is 5.82 Å². The Balaban J connectivity index is 2.60. The fourth-order valence-electron chi connectivity index (χ4n) is 1.29. The summed E-state index contributed by atoms with van der Waals surface area (Å²) in [6.45, 7) is 0. The molecule has 0 unspecified atom stereocenters. The monoisotopic (exact) mass is 288 g/mol. The van der Waals surface area contributed by atoms with Gasteiger partial charge in [-0.1, -0.05) is 27.5 Å². The largest absolute Gasteiger partial charge is 0.248 e. The van der Waals surface area contributed by atoms with Crippen LogP contribution in [0.2, 0.25) is 5.15 Å². The van der Waals surface area contributed by atoms with Gasteiger partial charge in [0.05, 0.1) is 16.7 Å². The van der Waals surface area contributed by atoms with Crippen molar-refractivity contribution < 1.29 is 4.39 Å². The number of aryl methyl sites for hydroxylation is 1. The minimum atomic E-state index is -0.332. The van der Waals surface area contributed by atoms with Crippen LogP contribution >= 0.6 is 27.5 Å². The lowest BCUT2D eigenvalue weighted by Crippen LogP contribution is -1.96. The minimum Gasteiger partial charge on any atom is -0.248 e. The zero-order valence-electron chi connectivity index (χ0n) is 7.67. The van der Waals surface area contributed by atoms with Gasteiger partial charge in [0.1, 0.15) is 5.82 Å². The Bertz CT molecular complexity index is 504. The number of hydrogen-bond donors (Lipinski definition) is 0. The number of hydrogen-bond acceptors (Lipinski definition) is 2. The highest BCUT2D eigenvalue weighted by atomic mass is 79.9. The Hall–Kier alpha value is -0.740. The van der Waals surface area contributed by atoms with Crippen LogP contribution in [0.4, 0.5) is 4.39 Å². The molecule has 5 heteroatoms. The van der Waals surface area contributed by atoms with E-state index in [1.165, 1.54) is 12.1 Å². The number of fused-ring (bicyclic) bond motifs is 1. The smallest absolute Gasteiger partial charge is 0.151 e. The molecule has 1 aromatic carbocycles. The molecular formula is C10H7BrClFN2. The average Bonchev–Trinajstić information content (AvgIpc) is 2.20. The van der Waals surface area contributed by atoms with E-state index >= 15 is 0 Å². The SMILES string of the molecule is Fc1ccc2nc(CCBr)c(Cl)nc2c1. The van der Waals surface area contributed by atoms with Crippen LogP contribution < -0.4 is 0 Å². The number of rotatable bonds is 2. The van der Waals surface area contributed by atoms with Gasteiger partial charge in [-0.05, 0) is 12.1 Å². The van der Waals surface area contributed by atoms with Crippen molar-refractivity contribution in [1.29, 1.82) is 0 Å². The van der Waals surface area contributed by atoms with Crippen molar-refractivity contribution in [3.63, 3.8) is 0 Å². The van der Waals surface area contributed by atoms with Gasteiger partial charge in [0.25, 0.3) is 0 Å². The molecule has 15 heavy (non-hydrogen) atoms. The van der Waals surface area contributed by atoms with Crippen LogP contribution in [0.1, 0.15) is 5.69 Å². The van der Waals surface area contributed by atoms with Crippen molar-refractivity contribution in [2.45, 2.75) is 6.42 Å². The molecule has 0 amide bonds. The first-order valence-corrected chi connectivity index (χ1v) is 5.88. The molecule has 0 bridgehead atoms. The van der Waals surface area contributed by atoms with Crippen LogP contribution in [0.25, 0.3) is 11.0 Å². The van der Waals surface area contributed by atoms with Crippen LogP contribution in [0.3, 0.4) is 0 Å². The maximum Gasteiger partial charge on any atom is 0.151 e. The van der Waals surface area contributed by atoms with E-state index in [9.17, 15) is 4.39 Å². The normalized spacial score (nSPS) is 10.9. The number of halogens is 3. The minimum absolute atomic E-state index is 0.332. The molecule has 0 radical (unpaired) electrons. The summed E-state index contributed by atoms with van der Waals surface area (Å²) >= 11 is 9.23. The first-order chi connectivity index (χ1) is 7.20. The van der Waals surface area contributed by atoms with Crippen molar-refractivity contribution in [2.75, 3.05) is 5.33 Å². The molecule has 0 saturated carbocycles. The third kappa shape index (κ3) is 2.26. The summed E-state index contributed by atoms with van der Waals surface area (Å²) in [7, 11) is 0. The lowest BCUT2D eigenvalue weighted by atomic mass is 10.2. The summed E-state index contributed by atoms with van der Waals surface area (Å²) in [5, 5.41) is 1.11. The van der Waals surface area contributed by atoms with E-state index in [4.69, 9.17) is 11.6 Å². The Morgan fingerprint density at radius 3 is 2.80 bits per heavy atom. The zero-order chi connectivity index (χ0) is 10.8. The molecule has 2 nitrogen and oxygen atoms in total. The highest BCUT2D eigenvalue weighted by molar-refractivity contribution is 9.09.